The molecule has 30 heavy (non-hydrogen) atoms. The molecule has 2 heterocycles. The average Bonchev–Trinajstić information content (AvgIpc) is 3.01. The molecule has 5 heteroatoms. The van der Waals surface area contributed by atoms with Gasteiger partial charge >= 0.3 is 0 Å². The van der Waals surface area contributed by atoms with Gasteiger partial charge < -0.3 is 9.80 Å². The van der Waals surface area contributed by atoms with Crippen molar-refractivity contribution in [2.75, 3.05) is 32.1 Å². The first-order valence-corrected chi connectivity index (χ1v) is 10.6. The first-order chi connectivity index (χ1) is 14.4. The number of anilines is 1. The van der Waals surface area contributed by atoms with Gasteiger partial charge in [-0.1, -0.05) is 36.4 Å². The van der Waals surface area contributed by atoms with Gasteiger partial charge in [0.25, 0.3) is 11.8 Å². The van der Waals surface area contributed by atoms with E-state index in [0.717, 1.165) is 42.6 Å². The smallest absolute Gasteiger partial charge is 0.282 e. The number of imide groups is 1. The van der Waals surface area contributed by atoms with E-state index in [9.17, 15) is 9.59 Å². The summed E-state index contributed by atoms with van der Waals surface area (Å²) in [5, 5.41) is 0. The lowest BCUT2D eigenvalue weighted by molar-refractivity contribution is -0.120. The molecule has 2 aromatic carbocycles. The standard InChI is InChI=1S/C25H29N3O2/c1-17-10-11-21(16-18(17)2)28-24(29)22(19-8-6-5-7-9-19)23(25(28)30)27(4)20-12-14-26(3)15-13-20/h5-11,16,20H,12-15H2,1-4H3. The van der Waals surface area contributed by atoms with Crippen molar-refractivity contribution in [2.45, 2.75) is 32.7 Å². The summed E-state index contributed by atoms with van der Waals surface area (Å²) in [4.78, 5) is 32.9. The molecule has 2 aliphatic rings. The molecule has 5 nitrogen and oxygen atoms in total. The predicted octanol–water partition coefficient (Wildman–Crippen LogP) is 3.61. The summed E-state index contributed by atoms with van der Waals surface area (Å²) in [5.74, 6) is -0.479. The van der Waals surface area contributed by atoms with Gasteiger partial charge in [-0.05, 0) is 75.6 Å². The lowest BCUT2D eigenvalue weighted by Crippen LogP contribution is -2.43. The van der Waals surface area contributed by atoms with Crippen LogP contribution in [-0.4, -0.2) is 54.8 Å². The summed E-state index contributed by atoms with van der Waals surface area (Å²) in [7, 11) is 4.08. The van der Waals surface area contributed by atoms with Crippen LogP contribution in [0.25, 0.3) is 5.57 Å². The van der Waals surface area contributed by atoms with Crippen LogP contribution in [0.4, 0.5) is 5.69 Å². The fourth-order valence-corrected chi connectivity index (χ4v) is 4.37. The number of amides is 2. The number of hydrogen-bond acceptors (Lipinski definition) is 4. The zero-order chi connectivity index (χ0) is 21.4. The van der Waals surface area contributed by atoms with Crippen molar-refractivity contribution >= 4 is 23.1 Å². The molecule has 0 atom stereocenters. The van der Waals surface area contributed by atoms with Crippen LogP contribution >= 0.6 is 0 Å². The van der Waals surface area contributed by atoms with Crippen LogP contribution in [0.5, 0.6) is 0 Å². The van der Waals surface area contributed by atoms with Crippen molar-refractivity contribution in [1.82, 2.24) is 9.80 Å². The Morgan fingerprint density at radius 1 is 0.900 bits per heavy atom. The van der Waals surface area contributed by atoms with Crippen LogP contribution in [0.15, 0.2) is 54.2 Å². The molecule has 0 N–H and O–H groups in total. The summed E-state index contributed by atoms with van der Waals surface area (Å²) >= 11 is 0. The average molecular weight is 404 g/mol. The van der Waals surface area contributed by atoms with E-state index in [4.69, 9.17) is 0 Å². The minimum absolute atomic E-state index is 0.233. The SMILES string of the molecule is Cc1ccc(N2C(=O)C(c3ccccc3)=C(N(C)C3CCN(C)CC3)C2=O)cc1C. The number of benzene rings is 2. The molecule has 2 aromatic rings. The summed E-state index contributed by atoms with van der Waals surface area (Å²) in [6, 6.07) is 15.5. The number of likely N-dealkylation sites (N-methyl/N-ethyl adjacent to an activating group) is 1. The van der Waals surface area contributed by atoms with Gasteiger partial charge in [0, 0.05) is 13.1 Å². The molecular formula is C25H29N3O2. The van der Waals surface area contributed by atoms with Gasteiger partial charge in [0.15, 0.2) is 0 Å². The number of hydrogen-bond donors (Lipinski definition) is 0. The van der Waals surface area contributed by atoms with Crippen molar-refractivity contribution in [1.29, 1.82) is 0 Å². The quantitative estimate of drug-likeness (QED) is 0.732. The molecule has 2 amide bonds. The Balaban J connectivity index is 1.78. The highest BCUT2D eigenvalue weighted by Gasteiger charge is 2.43. The van der Waals surface area contributed by atoms with E-state index < -0.39 is 0 Å². The fourth-order valence-electron chi connectivity index (χ4n) is 4.37. The third-order valence-corrected chi connectivity index (χ3v) is 6.46. The van der Waals surface area contributed by atoms with Crippen molar-refractivity contribution < 1.29 is 9.59 Å². The summed E-state index contributed by atoms with van der Waals surface area (Å²) < 4.78 is 0. The van der Waals surface area contributed by atoms with Crippen molar-refractivity contribution in [3.05, 3.63) is 70.9 Å². The van der Waals surface area contributed by atoms with Crippen LogP contribution in [-0.2, 0) is 9.59 Å². The number of carbonyl (C=O) groups excluding carboxylic acids is 2. The molecule has 0 radical (unpaired) electrons. The Labute approximate surface area is 178 Å². The molecule has 0 unspecified atom stereocenters. The second-order valence-electron chi connectivity index (χ2n) is 8.45. The lowest BCUT2D eigenvalue weighted by atomic mass is 10.0. The number of rotatable bonds is 4. The van der Waals surface area contributed by atoms with Crippen molar-refractivity contribution in [3.63, 3.8) is 0 Å². The van der Waals surface area contributed by atoms with E-state index in [-0.39, 0.29) is 17.9 Å². The monoisotopic (exact) mass is 403 g/mol. The van der Waals surface area contributed by atoms with Gasteiger partial charge in [-0.15, -0.1) is 0 Å². The number of carbonyl (C=O) groups is 2. The van der Waals surface area contributed by atoms with E-state index in [1.54, 1.807) is 0 Å². The van der Waals surface area contributed by atoms with E-state index >= 15 is 0 Å². The number of aryl methyl sites for hydroxylation is 2. The molecule has 0 aromatic heterocycles. The van der Waals surface area contributed by atoms with E-state index in [1.165, 1.54) is 4.90 Å². The van der Waals surface area contributed by atoms with Gasteiger partial charge in [0.1, 0.15) is 5.70 Å². The van der Waals surface area contributed by atoms with Crippen LogP contribution in [0.1, 0.15) is 29.5 Å². The highest BCUT2D eigenvalue weighted by atomic mass is 16.2. The molecule has 4 rings (SSSR count). The molecule has 156 valence electrons. The van der Waals surface area contributed by atoms with Crippen LogP contribution in [0, 0.1) is 13.8 Å². The summed E-state index contributed by atoms with van der Waals surface area (Å²) in [5.41, 5.74) is 4.63. The van der Waals surface area contributed by atoms with Crippen LogP contribution in [0.2, 0.25) is 0 Å². The second-order valence-corrected chi connectivity index (χ2v) is 8.45. The van der Waals surface area contributed by atoms with Crippen molar-refractivity contribution in [3.8, 4) is 0 Å². The molecule has 0 saturated carbocycles. The first kappa shape index (κ1) is 20.4. The molecule has 2 aliphatic heterocycles. The Morgan fingerprint density at radius 3 is 2.20 bits per heavy atom. The molecule has 1 fully saturated rings. The predicted molar refractivity (Wildman–Crippen MR) is 120 cm³/mol. The Hall–Kier alpha value is -2.92. The van der Waals surface area contributed by atoms with E-state index in [1.807, 2.05) is 69.4 Å². The largest absolute Gasteiger partial charge is 0.366 e. The maximum atomic E-state index is 13.6. The maximum Gasteiger partial charge on any atom is 0.282 e. The minimum atomic E-state index is -0.246. The highest BCUT2D eigenvalue weighted by Crippen LogP contribution is 2.36. The second kappa shape index (κ2) is 8.07. The number of nitrogens with zero attached hydrogens (tertiary/aromatic N) is 3. The Kier molecular flexibility index (Phi) is 5.48. The summed E-state index contributed by atoms with van der Waals surface area (Å²) in [6.45, 7) is 6.01. The zero-order valence-electron chi connectivity index (χ0n) is 18.2. The fraction of sp³-hybridized carbons (Fsp3) is 0.360. The third-order valence-electron chi connectivity index (χ3n) is 6.46. The number of piperidine rings is 1. The van der Waals surface area contributed by atoms with Crippen LogP contribution in [0.3, 0.4) is 0 Å². The van der Waals surface area contributed by atoms with Gasteiger partial charge in [-0.3, -0.25) is 9.59 Å². The zero-order valence-corrected chi connectivity index (χ0v) is 18.2. The van der Waals surface area contributed by atoms with Gasteiger partial charge in [-0.25, -0.2) is 4.90 Å². The Bertz CT molecular complexity index is 1000. The molecule has 0 bridgehead atoms. The van der Waals surface area contributed by atoms with E-state index in [2.05, 4.69) is 16.8 Å². The Morgan fingerprint density at radius 2 is 1.57 bits per heavy atom. The van der Waals surface area contributed by atoms with Gasteiger partial charge in [-0.2, -0.15) is 0 Å². The molecular weight excluding hydrogens is 374 g/mol. The van der Waals surface area contributed by atoms with Gasteiger partial charge in [0.05, 0.1) is 11.3 Å². The third kappa shape index (κ3) is 3.54. The normalized spacial score (nSPS) is 18.5. The summed E-state index contributed by atoms with van der Waals surface area (Å²) in [6.07, 6.45) is 1.95. The molecule has 1 saturated heterocycles. The van der Waals surface area contributed by atoms with Crippen LogP contribution < -0.4 is 4.90 Å². The number of likely N-dealkylation sites (tertiary alicyclic amines) is 1. The van der Waals surface area contributed by atoms with E-state index in [0.29, 0.717) is 17.0 Å². The minimum Gasteiger partial charge on any atom is -0.366 e. The van der Waals surface area contributed by atoms with Crippen molar-refractivity contribution in [2.24, 2.45) is 0 Å². The highest BCUT2D eigenvalue weighted by molar-refractivity contribution is 6.45. The maximum absolute atomic E-state index is 13.6. The van der Waals surface area contributed by atoms with Gasteiger partial charge in [0.2, 0.25) is 0 Å². The first-order valence-electron chi connectivity index (χ1n) is 10.6. The molecule has 0 aliphatic carbocycles. The topological polar surface area (TPSA) is 43.9 Å². The molecule has 0 spiro atoms. The lowest BCUT2D eigenvalue weighted by Gasteiger charge is -2.36.